The molecule has 0 saturated carbocycles. The van der Waals surface area contributed by atoms with Crippen LogP contribution < -0.4 is 5.32 Å². The lowest BCUT2D eigenvalue weighted by molar-refractivity contribution is 0.0620. The molecule has 0 aromatic heterocycles. The Kier molecular flexibility index (Phi) is 3.31. The number of fused-ring (bicyclic) bond motifs is 3. The topological polar surface area (TPSA) is 32.3 Å². The van der Waals surface area contributed by atoms with E-state index in [1.165, 1.54) is 37.1 Å². The SMILES string of the molecule is Cc1ccc(C(=O)NC2CN3CCC2CC3)cc1C. The van der Waals surface area contributed by atoms with Crippen molar-refractivity contribution in [2.45, 2.75) is 32.7 Å². The normalized spacial score (nSPS) is 29.3. The van der Waals surface area contributed by atoms with Crippen LogP contribution in [-0.2, 0) is 0 Å². The maximum atomic E-state index is 12.3. The molecular formula is C16H22N2O. The van der Waals surface area contributed by atoms with Crippen molar-refractivity contribution in [3.8, 4) is 0 Å². The average molecular weight is 258 g/mol. The molecule has 1 atom stereocenters. The van der Waals surface area contributed by atoms with E-state index in [0.29, 0.717) is 12.0 Å². The summed E-state index contributed by atoms with van der Waals surface area (Å²) in [6, 6.07) is 6.29. The number of carbonyl (C=O) groups excluding carboxylic acids is 1. The van der Waals surface area contributed by atoms with Gasteiger partial charge in [0.25, 0.3) is 5.91 Å². The van der Waals surface area contributed by atoms with Crippen molar-refractivity contribution in [1.82, 2.24) is 10.2 Å². The zero-order valence-corrected chi connectivity index (χ0v) is 11.8. The first-order valence-corrected chi connectivity index (χ1v) is 7.24. The molecule has 1 N–H and O–H groups in total. The summed E-state index contributed by atoms with van der Waals surface area (Å²) >= 11 is 0. The van der Waals surface area contributed by atoms with Crippen molar-refractivity contribution in [1.29, 1.82) is 0 Å². The van der Waals surface area contributed by atoms with Crippen molar-refractivity contribution in [3.05, 3.63) is 34.9 Å². The average Bonchev–Trinajstić information content (AvgIpc) is 2.43. The number of hydrogen-bond acceptors (Lipinski definition) is 2. The summed E-state index contributed by atoms with van der Waals surface area (Å²) in [5, 5.41) is 3.23. The maximum absolute atomic E-state index is 12.3. The number of rotatable bonds is 2. The number of nitrogens with one attached hydrogen (secondary N) is 1. The molecule has 3 heteroatoms. The van der Waals surface area contributed by atoms with Gasteiger partial charge in [-0.15, -0.1) is 0 Å². The minimum atomic E-state index is 0.0850. The van der Waals surface area contributed by atoms with E-state index in [1.54, 1.807) is 0 Å². The minimum absolute atomic E-state index is 0.0850. The van der Waals surface area contributed by atoms with Gasteiger partial charge < -0.3 is 10.2 Å². The number of benzene rings is 1. The minimum Gasteiger partial charge on any atom is -0.348 e. The number of aryl methyl sites for hydroxylation is 2. The second kappa shape index (κ2) is 4.97. The first-order valence-electron chi connectivity index (χ1n) is 7.24. The van der Waals surface area contributed by atoms with Crippen LogP contribution in [0.25, 0.3) is 0 Å². The molecule has 1 aromatic rings. The van der Waals surface area contributed by atoms with Crippen molar-refractivity contribution in [2.24, 2.45) is 5.92 Å². The van der Waals surface area contributed by atoms with Gasteiger partial charge in [-0.25, -0.2) is 0 Å². The lowest BCUT2D eigenvalue weighted by atomic mass is 9.84. The van der Waals surface area contributed by atoms with Gasteiger partial charge in [-0.05, 0) is 69.0 Å². The summed E-state index contributed by atoms with van der Waals surface area (Å²) < 4.78 is 0. The number of nitrogens with zero attached hydrogens (tertiary/aromatic N) is 1. The lowest BCUT2D eigenvalue weighted by Crippen LogP contribution is -2.57. The molecule has 3 saturated heterocycles. The fraction of sp³-hybridized carbons (Fsp3) is 0.562. The Labute approximate surface area is 115 Å². The number of piperidine rings is 3. The van der Waals surface area contributed by atoms with E-state index in [-0.39, 0.29) is 5.91 Å². The first kappa shape index (κ1) is 12.7. The van der Waals surface area contributed by atoms with Crippen molar-refractivity contribution < 1.29 is 4.79 Å². The first-order chi connectivity index (χ1) is 9.13. The molecule has 1 unspecified atom stereocenters. The molecule has 3 aliphatic heterocycles. The maximum Gasteiger partial charge on any atom is 0.251 e. The zero-order chi connectivity index (χ0) is 13.4. The van der Waals surface area contributed by atoms with Gasteiger partial charge >= 0.3 is 0 Å². The van der Waals surface area contributed by atoms with Gasteiger partial charge in [-0.1, -0.05) is 6.07 Å². The quantitative estimate of drug-likeness (QED) is 0.881. The van der Waals surface area contributed by atoms with Crippen LogP contribution in [0.3, 0.4) is 0 Å². The highest BCUT2D eigenvalue weighted by atomic mass is 16.1. The summed E-state index contributed by atoms with van der Waals surface area (Å²) in [6.07, 6.45) is 2.47. The highest BCUT2D eigenvalue weighted by Crippen LogP contribution is 2.27. The van der Waals surface area contributed by atoms with Crippen LogP contribution in [0.2, 0.25) is 0 Å². The van der Waals surface area contributed by atoms with Gasteiger partial charge in [0.15, 0.2) is 0 Å². The molecule has 0 spiro atoms. The van der Waals surface area contributed by atoms with E-state index in [9.17, 15) is 4.79 Å². The molecule has 19 heavy (non-hydrogen) atoms. The Morgan fingerprint density at radius 1 is 1.21 bits per heavy atom. The van der Waals surface area contributed by atoms with E-state index in [2.05, 4.69) is 24.1 Å². The Morgan fingerprint density at radius 2 is 1.95 bits per heavy atom. The summed E-state index contributed by atoms with van der Waals surface area (Å²) in [5.74, 6) is 0.766. The summed E-state index contributed by atoms with van der Waals surface area (Å²) in [7, 11) is 0. The molecule has 3 fully saturated rings. The molecule has 2 bridgehead atoms. The molecule has 3 nitrogen and oxygen atoms in total. The molecule has 1 aromatic carbocycles. The second-order valence-electron chi connectivity index (χ2n) is 6.02. The molecule has 3 heterocycles. The van der Waals surface area contributed by atoms with Crippen molar-refractivity contribution >= 4 is 5.91 Å². The van der Waals surface area contributed by atoms with Gasteiger partial charge in [-0.3, -0.25) is 4.79 Å². The van der Waals surface area contributed by atoms with Crippen LogP contribution in [0.1, 0.15) is 34.3 Å². The standard InChI is InChI=1S/C16H22N2O/c1-11-3-4-14(9-12(11)2)16(19)17-15-10-18-7-5-13(15)6-8-18/h3-4,9,13,15H,5-8,10H2,1-2H3,(H,17,19). The van der Waals surface area contributed by atoms with Crippen LogP contribution in [0, 0.1) is 19.8 Å². The summed E-state index contributed by atoms with van der Waals surface area (Å²) in [6.45, 7) is 7.58. The predicted molar refractivity (Wildman–Crippen MR) is 76.3 cm³/mol. The van der Waals surface area contributed by atoms with E-state index in [4.69, 9.17) is 0 Å². The monoisotopic (exact) mass is 258 g/mol. The highest BCUT2D eigenvalue weighted by Gasteiger charge is 2.34. The molecule has 0 aliphatic carbocycles. The third-order valence-corrected chi connectivity index (χ3v) is 4.74. The lowest BCUT2D eigenvalue weighted by Gasteiger charge is -2.44. The zero-order valence-electron chi connectivity index (χ0n) is 11.8. The highest BCUT2D eigenvalue weighted by molar-refractivity contribution is 5.94. The Morgan fingerprint density at radius 3 is 2.53 bits per heavy atom. The Bertz CT molecular complexity index is 490. The third kappa shape index (κ3) is 2.52. The van der Waals surface area contributed by atoms with E-state index >= 15 is 0 Å². The van der Waals surface area contributed by atoms with Crippen LogP contribution in [0.15, 0.2) is 18.2 Å². The molecule has 4 rings (SSSR count). The van der Waals surface area contributed by atoms with Gasteiger partial charge in [0.05, 0.1) is 0 Å². The fourth-order valence-electron chi connectivity index (χ4n) is 3.26. The van der Waals surface area contributed by atoms with Gasteiger partial charge in [-0.2, -0.15) is 0 Å². The number of amides is 1. The van der Waals surface area contributed by atoms with E-state index in [1.807, 2.05) is 18.2 Å². The van der Waals surface area contributed by atoms with Gasteiger partial charge in [0.1, 0.15) is 0 Å². The molecule has 102 valence electrons. The molecule has 3 aliphatic rings. The molecule has 0 radical (unpaired) electrons. The van der Waals surface area contributed by atoms with Crippen LogP contribution >= 0.6 is 0 Å². The summed E-state index contributed by atoms with van der Waals surface area (Å²) in [5.41, 5.74) is 3.21. The smallest absolute Gasteiger partial charge is 0.251 e. The number of hydrogen-bond donors (Lipinski definition) is 1. The fourth-order valence-corrected chi connectivity index (χ4v) is 3.26. The van der Waals surface area contributed by atoms with E-state index in [0.717, 1.165) is 12.1 Å². The second-order valence-corrected chi connectivity index (χ2v) is 6.02. The van der Waals surface area contributed by atoms with Crippen molar-refractivity contribution in [3.63, 3.8) is 0 Å². The largest absolute Gasteiger partial charge is 0.348 e. The van der Waals surface area contributed by atoms with Crippen LogP contribution in [0.4, 0.5) is 0 Å². The van der Waals surface area contributed by atoms with Gasteiger partial charge in [0, 0.05) is 18.2 Å². The Hall–Kier alpha value is -1.35. The van der Waals surface area contributed by atoms with Crippen LogP contribution in [-0.4, -0.2) is 36.5 Å². The molecular weight excluding hydrogens is 236 g/mol. The Balaban J connectivity index is 1.69. The number of carbonyl (C=O) groups is 1. The summed E-state index contributed by atoms with van der Waals surface area (Å²) in [4.78, 5) is 14.8. The van der Waals surface area contributed by atoms with E-state index < -0.39 is 0 Å². The third-order valence-electron chi connectivity index (χ3n) is 4.74. The van der Waals surface area contributed by atoms with Gasteiger partial charge in [0.2, 0.25) is 0 Å². The van der Waals surface area contributed by atoms with Crippen molar-refractivity contribution in [2.75, 3.05) is 19.6 Å². The predicted octanol–water partition coefficient (Wildman–Crippen LogP) is 2.13. The molecule has 1 amide bonds. The van der Waals surface area contributed by atoms with Crippen LogP contribution in [0.5, 0.6) is 0 Å².